The van der Waals surface area contributed by atoms with Crippen molar-refractivity contribution in [2.75, 3.05) is 13.7 Å². The first kappa shape index (κ1) is 17.6. The standard InChI is InChI=1S/C21H20ClN3O2/c1-27-17-8-4-15(5-9-17)18-11-25(12-19-21(18)24-13-23-19)20(26)10-14-2-6-16(22)7-3-14/h2-9,13,18H,10-12H2,1H3,(H,23,24). The minimum atomic E-state index is 0.0417. The maximum Gasteiger partial charge on any atom is 0.227 e. The van der Waals surface area contributed by atoms with Crippen molar-refractivity contribution in [3.8, 4) is 5.75 Å². The average molecular weight is 382 g/mol. The van der Waals surface area contributed by atoms with Gasteiger partial charge in [0.05, 0.1) is 37.8 Å². The molecule has 0 saturated heterocycles. The summed E-state index contributed by atoms with van der Waals surface area (Å²) in [6.45, 7) is 1.16. The molecule has 0 fully saturated rings. The number of hydrogen-bond donors (Lipinski definition) is 1. The van der Waals surface area contributed by atoms with Crippen LogP contribution in [0.25, 0.3) is 0 Å². The summed E-state index contributed by atoms with van der Waals surface area (Å²) in [5, 5.41) is 0.672. The van der Waals surface area contributed by atoms with E-state index in [2.05, 4.69) is 9.97 Å². The van der Waals surface area contributed by atoms with E-state index in [1.54, 1.807) is 13.4 Å². The van der Waals surface area contributed by atoms with Gasteiger partial charge in [-0.15, -0.1) is 0 Å². The first-order chi connectivity index (χ1) is 13.1. The summed E-state index contributed by atoms with van der Waals surface area (Å²) in [6, 6.07) is 15.4. The molecule has 27 heavy (non-hydrogen) atoms. The molecule has 6 heteroatoms. The van der Waals surface area contributed by atoms with E-state index >= 15 is 0 Å². The first-order valence-corrected chi connectivity index (χ1v) is 9.20. The van der Waals surface area contributed by atoms with Crippen LogP contribution in [0.1, 0.15) is 28.4 Å². The van der Waals surface area contributed by atoms with Crippen molar-refractivity contribution in [3.63, 3.8) is 0 Å². The summed E-state index contributed by atoms with van der Waals surface area (Å²) < 4.78 is 5.25. The molecule has 138 valence electrons. The SMILES string of the molecule is COc1ccc(C2CN(C(=O)Cc3ccc(Cl)cc3)Cc3[nH]cnc32)cc1. The summed E-state index contributed by atoms with van der Waals surface area (Å²) in [7, 11) is 1.65. The molecule has 0 saturated carbocycles. The van der Waals surface area contributed by atoms with Crippen LogP contribution >= 0.6 is 11.6 Å². The average Bonchev–Trinajstić information content (AvgIpc) is 3.18. The number of carbonyl (C=O) groups excluding carboxylic acids is 1. The van der Waals surface area contributed by atoms with Crippen LogP contribution in [0.4, 0.5) is 0 Å². The Bertz CT molecular complexity index is 935. The normalized spacial score (nSPS) is 16.1. The summed E-state index contributed by atoms with van der Waals surface area (Å²) >= 11 is 5.93. The third-order valence-electron chi connectivity index (χ3n) is 4.97. The fourth-order valence-electron chi connectivity index (χ4n) is 3.50. The van der Waals surface area contributed by atoms with Gasteiger partial charge < -0.3 is 14.6 Å². The Labute approximate surface area is 162 Å². The molecule has 1 aliphatic rings. The molecular formula is C21H20ClN3O2. The summed E-state index contributed by atoms with van der Waals surface area (Å²) in [4.78, 5) is 22.5. The van der Waals surface area contributed by atoms with E-state index in [9.17, 15) is 4.79 Å². The third kappa shape index (κ3) is 3.69. The molecule has 3 aromatic rings. The van der Waals surface area contributed by atoms with Gasteiger partial charge in [-0.2, -0.15) is 0 Å². The topological polar surface area (TPSA) is 58.2 Å². The lowest BCUT2D eigenvalue weighted by Gasteiger charge is -2.32. The quantitative estimate of drug-likeness (QED) is 0.748. The van der Waals surface area contributed by atoms with Gasteiger partial charge in [0.15, 0.2) is 0 Å². The van der Waals surface area contributed by atoms with E-state index in [1.165, 1.54) is 0 Å². The van der Waals surface area contributed by atoms with Crippen LogP contribution in [0.5, 0.6) is 5.75 Å². The highest BCUT2D eigenvalue weighted by molar-refractivity contribution is 6.30. The number of benzene rings is 2. The lowest BCUT2D eigenvalue weighted by Crippen LogP contribution is -2.39. The third-order valence-corrected chi connectivity index (χ3v) is 5.23. The van der Waals surface area contributed by atoms with E-state index in [-0.39, 0.29) is 11.8 Å². The van der Waals surface area contributed by atoms with Gasteiger partial charge in [-0.3, -0.25) is 4.79 Å². The fraction of sp³-hybridized carbons (Fsp3) is 0.238. The van der Waals surface area contributed by atoms with Crippen molar-refractivity contribution in [2.24, 2.45) is 0 Å². The van der Waals surface area contributed by atoms with E-state index < -0.39 is 0 Å². The van der Waals surface area contributed by atoms with Crippen molar-refractivity contribution in [2.45, 2.75) is 18.9 Å². The summed E-state index contributed by atoms with van der Waals surface area (Å²) in [6.07, 6.45) is 2.06. The molecule has 1 aromatic heterocycles. The number of carbonyl (C=O) groups is 1. The zero-order chi connectivity index (χ0) is 18.8. The largest absolute Gasteiger partial charge is 0.497 e. The van der Waals surface area contributed by atoms with Gasteiger partial charge in [0.25, 0.3) is 0 Å². The molecule has 0 bridgehead atoms. The maximum atomic E-state index is 12.9. The molecule has 4 rings (SSSR count). The molecule has 1 unspecified atom stereocenters. The van der Waals surface area contributed by atoms with Crippen molar-refractivity contribution in [1.82, 2.24) is 14.9 Å². The van der Waals surface area contributed by atoms with E-state index in [0.29, 0.717) is 24.5 Å². The summed E-state index contributed by atoms with van der Waals surface area (Å²) in [5.74, 6) is 0.948. The molecule has 1 aliphatic heterocycles. The number of aromatic amines is 1. The van der Waals surface area contributed by atoms with E-state index in [1.807, 2.05) is 53.4 Å². The van der Waals surface area contributed by atoms with Crippen LogP contribution in [-0.4, -0.2) is 34.4 Å². The van der Waals surface area contributed by atoms with Crippen LogP contribution < -0.4 is 4.74 Å². The second-order valence-corrected chi connectivity index (χ2v) is 7.11. The zero-order valence-electron chi connectivity index (χ0n) is 15.0. The van der Waals surface area contributed by atoms with Gasteiger partial charge in [-0.25, -0.2) is 4.98 Å². The Kier molecular flexibility index (Phi) is 4.86. The highest BCUT2D eigenvalue weighted by Gasteiger charge is 2.31. The van der Waals surface area contributed by atoms with Crippen molar-refractivity contribution in [3.05, 3.63) is 82.4 Å². The highest BCUT2D eigenvalue weighted by atomic mass is 35.5. The number of imidazole rings is 1. The number of ether oxygens (including phenoxy) is 1. The minimum Gasteiger partial charge on any atom is -0.497 e. The van der Waals surface area contributed by atoms with Gasteiger partial charge in [-0.05, 0) is 35.4 Å². The second-order valence-electron chi connectivity index (χ2n) is 6.67. The lowest BCUT2D eigenvalue weighted by atomic mass is 9.90. The zero-order valence-corrected chi connectivity index (χ0v) is 15.7. The number of hydrogen-bond acceptors (Lipinski definition) is 3. The highest BCUT2D eigenvalue weighted by Crippen LogP contribution is 2.32. The molecule has 2 aromatic carbocycles. The maximum absolute atomic E-state index is 12.9. The van der Waals surface area contributed by atoms with Crippen LogP contribution in [0.2, 0.25) is 5.02 Å². The fourth-order valence-corrected chi connectivity index (χ4v) is 3.62. The number of fused-ring (bicyclic) bond motifs is 1. The lowest BCUT2D eigenvalue weighted by molar-refractivity contribution is -0.131. The van der Waals surface area contributed by atoms with Gasteiger partial charge in [0.2, 0.25) is 5.91 Å². The molecule has 0 aliphatic carbocycles. The van der Waals surface area contributed by atoms with Crippen molar-refractivity contribution >= 4 is 17.5 Å². The van der Waals surface area contributed by atoms with E-state index in [4.69, 9.17) is 16.3 Å². The number of methoxy groups -OCH3 is 1. The molecule has 1 atom stereocenters. The second kappa shape index (κ2) is 7.45. The van der Waals surface area contributed by atoms with Crippen LogP contribution in [0.3, 0.4) is 0 Å². The van der Waals surface area contributed by atoms with Gasteiger partial charge >= 0.3 is 0 Å². The summed E-state index contributed by atoms with van der Waals surface area (Å²) in [5.41, 5.74) is 4.08. The number of H-pyrrole nitrogens is 1. The molecule has 1 amide bonds. The number of aromatic nitrogens is 2. The van der Waals surface area contributed by atoms with Crippen LogP contribution in [0, 0.1) is 0 Å². The Balaban J connectivity index is 1.56. The number of nitrogens with one attached hydrogen (secondary N) is 1. The van der Waals surface area contributed by atoms with Crippen LogP contribution in [0.15, 0.2) is 54.9 Å². The van der Waals surface area contributed by atoms with E-state index in [0.717, 1.165) is 28.3 Å². The first-order valence-electron chi connectivity index (χ1n) is 8.82. The van der Waals surface area contributed by atoms with Crippen LogP contribution in [-0.2, 0) is 17.8 Å². The molecular weight excluding hydrogens is 362 g/mol. The monoisotopic (exact) mass is 381 g/mol. The number of amides is 1. The van der Waals surface area contributed by atoms with Gasteiger partial charge in [-0.1, -0.05) is 35.9 Å². The van der Waals surface area contributed by atoms with Crippen molar-refractivity contribution in [1.29, 1.82) is 0 Å². The predicted octanol–water partition coefficient (Wildman–Crippen LogP) is 3.79. The molecule has 5 nitrogen and oxygen atoms in total. The smallest absolute Gasteiger partial charge is 0.227 e. The Hall–Kier alpha value is -2.79. The predicted molar refractivity (Wildman–Crippen MR) is 104 cm³/mol. The van der Waals surface area contributed by atoms with Gasteiger partial charge in [0, 0.05) is 17.5 Å². The molecule has 1 N–H and O–H groups in total. The Morgan fingerprint density at radius 2 is 1.96 bits per heavy atom. The molecule has 0 radical (unpaired) electrons. The Morgan fingerprint density at radius 1 is 1.22 bits per heavy atom. The minimum absolute atomic E-state index is 0.0417. The molecule has 2 heterocycles. The number of halogens is 1. The van der Waals surface area contributed by atoms with Crippen molar-refractivity contribution < 1.29 is 9.53 Å². The number of rotatable bonds is 4. The molecule has 0 spiro atoms. The van der Waals surface area contributed by atoms with Gasteiger partial charge in [0.1, 0.15) is 5.75 Å². The Morgan fingerprint density at radius 3 is 2.67 bits per heavy atom. The number of nitrogens with zero attached hydrogens (tertiary/aromatic N) is 2.